The fourth-order valence-electron chi connectivity index (χ4n) is 4.40. The van der Waals surface area contributed by atoms with Crippen LogP contribution < -0.4 is 5.73 Å². The summed E-state index contributed by atoms with van der Waals surface area (Å²) in [6.07, 6.45) is 2.83. The smallest absolute Gasteiger partial charge is 0.267 e. The van der Waals surface area contributed by atoms with E-state index in [1.54, 1.807) is 6.92 Å². The molecule has 0 saturated heterocycles. The molecule has 6 nitrogen and oxygen atoms in total. The van der Waals surface area contributed by atoms with E-state index in [1.165, 1.54) is 24.2 Å². The normalized spacial score (nSPS) is 20.4. The molecule has 2 heterocycles. The van der Waals surface area contributed by atoms with Gasteiger partial charge in [0, 0.05) is 48.3 Å². The number of carbonyl (C=O) groups is 2. The van der Waals surface area contributed by atoms with E-state index in [0.717, 1.165) is 30.3 Å². The Hall–Kier alpha value is -3.43. The highest BCUT2D eigenvalue weighted by atomic mass is 35.5. The minimum atomic E-state index is -1.04. The van der Waals surface area contributed by atoms with E-state index in [-0.39, 0.29) is 40.4 Å². The fraction of sp³-hybridized carbons (Fsp3) is 0.231. The number of dihydropyridines is 1. The summed E-state index contributed by atoms with van der Waals surface area (Å²) in [5.41, 5.74) is 8.13. The molecule has 2 aromatic rings. The topological polar surface area (TPSA) is 88.1 Å². The number of aliphatic imine (C=N–C) groups is 2. The molecule has 2 amide bonds. The number of benzene rings is 2. The predicted molar refractivity (Wildman–Crippen MR) is 138 cm³/mol. The van der Waals surface area contributed by atoms with Gasteiger partial charge in [-0.3, -0.25) is 14.6 Å². The van der Waals surface area contributed by atoms with Crippen molar-refractivity contribution in [2.75, 3.05) is 13.6 Å². The molecule has 37 heavy (non-hydrogen) atoms. The number of allylic oxidation sites excluding steroid dienone is 1. The number of nitrogens with two attached hydrogens (primary N) is 1. The highest BCUT2D eigenvalue weighted by Gasteiger charge is 2.33. The molecule has 0 saturated carbocycles. The van der Waals surface area contributed by atoms with Gasteiger partial charge >= 0.3 is 0 Å². The highest BCUT2D eigenvalue weighted by molar-refractivity contribution is 6.39. The molecule has 0 bridgehead atoms. The molecule has 11 heteroatoms. The predicted octanol–water partition coefficient (Wildman–Crippen LogP) is 4.93. The van der Waals surface area contributed by atoms with Gasteiger partial charge in [0.15, 0.2) is 0 Å². The fourth-order valence-corrected chi connectivity index (χ4v) is 4.89. The third-order valence-electron chi connectivity index (χ3n) is 6.25. The van der Waals surface area contributed by atoms with E-state index in [0.29, 0.717) is 16.9 Å². The number of nitrogens with zero attached hydrogens (tertiary/aromatic N) is 3. The number of carbonyl (C=O) groups excluding carboxylic acids is 2. The lowest BCUT2D eigenvalue weighted by Crippen LogP contribution is -2.46. The van der Waals surface area contributed by atoms with Crippen LogP contribution in [0, 0.1) is 17.5 Å². The van der Waals surface area contributed by atoms with Crippen molar-refractivity contribution >= 4 is 52.5 Å². The summed E-state index contributed by atoms with van der Waals surface area (Å²) in [7, 11) is 1.48. The van der Waals surface area contributed by atoms with Crippen LogP contribution in [0.15, 0.2) is 57.7 Å². The maximum absolute atomic E-state index is 14.6. The molecule has 0 radical (unpaired) electrons. The average molecular weight is 549 g/mol. The van der Waals surface area contributed by atoms with Crippen molar-refractivity contribution in [3.8, 4) is 0 Å². The second-order valence-corrected chi connectivity index (χ2v) is 9.37. The van der Waals surface area contributed by atoms with Crippen LogP contribution in [0.1, 0.15) is 34.8 Å². The maximum atomic E-state index is 14.6. The largest absolute Gasteiger partial charge is 0.400 e. The molecule has 4 rings (SSSR count). The lowest BCUT2D eigenvalue weighted by molar-refractivity contribution is -0.116. The van der Waals surface area contributed by atoms with Crippen LogP contribution in [0.5, 0.6) is 0 Å². The third kappa shape index (κ3) is 5.19. The van der Waals surface area contributed by atoms with Crippen LogP contribution in [-0.2, 0) is 4.79 Å². The second kappa shape index (κ2) is 10.5. The van der Waals surface area contributed by atoms with Crippen molar-refractivity contribution in [2.24, 2.45) is 15.7 Å². The van der Waals surface area contributed by atoms with Gasteiger partial charge in [-0.1, -0.05) is 11.6 Å². The van der Waals surface area contributed by atoms with Gasteiger partial charge < -0.3 is 10.6 Å². The van der Waals surface area contributed by atoms with Crippen molar-refractivity contribution in [1.82, 2.24) is 4.90 Å². The number of halogens is 5. The van der Waals surface area contributed by atoms with Gasteiger partial charge in [-0.2, -0.15) is 0 Å². The lowest BCUT2D eigenvalue weighted by Gasteiger charge is -2.36. The summed E-state index contributed by atoms with van der Waals surface area (Å²) in [5, 5.41) is -1.07. The Labute approximate surface area is 221 Å². The van der Waals surface area contributed by atoms with Crippen molar-refractivity contribution in [3.05, 3.63) is 86.8 Å². The number of amides is 2. The molecule has 0 aromatic heterocycles. The van der Waals surface area contributed by atoms with Crippen molar-refractivity contribution in [1.29, 1.82) is 0 Å². The maximum Gasteiger partial charge on any atom is 0.267 e. The number of hydrogen-bond donors (Lipinski definition) is 1. The summed E-state index contributed by atoms with van der Waals surface area (Å²) in [6, 6.07) is 4.57. The van der Waals surface area contributed by atoms with Gasteiger partial charge in [-0.15, -0.1) is 11.6 Å². The van der Waals surface area contributed by atoms with Crippen LogP contribution in [0.3, 0.4) is 0 Å². The molecule has 2 N–H and O–H groups in total. The Bertz CT molecular complexity index is 1410. The van der Waals surface area contributed by atoms with Crippen molar-refractivity contribution in [2.45, 2.75) is 24.8 Å². The Morgan fingerprint density at radius 3 is 2.41 bits per heavy atom. The minimum absolute atomic E-state index is 0.0334. The van der Waals surface area contributed by atoms with Crippen LogP contribution in [-0.4, -0.2) is 53.7 Å². The summed E-state index contributed by atoms with van der Waals surface area (Å²) in [5.74, 6) is -3.36. The molecule has 2 aliphatic rings. The van der Waals surface area contributed by atoms with E-state index in [1.807, 2.05) is 0 Å². The highest BCUT2D eigenvalue weighted by Crippen LogP contribution is 2.33. The molecule has 1 unspecified atom stereocenters. The van der Waals surface area contributed by atoms with E-state index >= 15 is 0 Å². The van der Waals surface area contributed by atoms with Gasteiger partial charge in [-0.05, 0) is 49.3 Å². The molecule has 2 aliphatic heterocycles. The van der Waals surface area contributed by atoms with Gasteiger partial charge in [0.1, 0.15) is 22.8 Å². The SMILES string of the molecule is CN=C(C1=C(N)[C@@H](C)N(C(=O)c2cc(F)cc(C3=CC(Cl)C(=O)N=C3)c2Cl)CC1)c1cc(F)cc(F)c1. The zero-order chi connectivity index (χ0) is 27.0. The molecular weight excluding hydrogens is 528 g/mol. The van der Waals surface area contributed by atoms with Gasteiger partial charge in [0.2, 0.25) is 0 Å². The Morgan fingerprint density at radius 1 is 1.14 bits per heavy atom. The first-order valence-corrected chi connectivity index (χ1v) is 12.0. The summed E-state index contributed by atoms with van der Waals surface area (Å²) < 4.78 is 42.2. The van der Waals surface area contributed by atoms with E-state index in [2.05, 4.69) is 9.98 Å². The zero-order valence-electron chi connectivity index (χ0n) is 19.7. The average Bonchev–Trinajstić information content (AvgIpc) is 2.84. The number of alkyl halides is 1. The van der Waals surface area contributed by atoms with Gasteiger partial charge in [-0.25, -0.2) is 18.2 Å². The molecule has 2 aromatic carbocycles. The lowest BCUT2D eigenvalue weighted by atomic mass is 9.91. The first-order chi connectivity index (χ1) is 17.5. The van der Waals surface area contributed by atoms with Crippen molar-refractivity contribution in [3.63, 3.8) is 0 Å². The van der Waals surface area contributed by atoms with Gasteiger partial charge in [0.25, 0.3) is 11.8 Å². The summed E-state index contributed by atoms with van der Waals surface area (Å²) >= 11 is 12.5. The van der Waals surface area contributed by atoms with Crippen LogP contribution in [0.25, 0.3) is 5.57 Å². The Kier molecular flexibility index (Phi) is 7.57. The first-order valence-electron chi connectivity index (χ1n) is 11.2. The van der Waals surface area contributed by atoms with Gasteiger partial charge in [0.05, 0.1) is 22.3 Å². The Morgan fingerprint density at radius 2 is 1.78 bits per heavy atom. The third-order valence-corrected chi connectivity index (χ3v) is 6.97. The zero-order valence-corrected chi connectivity index (χ0v) is 21.2. The monoisotopic (exact) mass is 548 g/mol. The Balaban J connectivity index is 1.68. The molecule has 0 spiro atoms. The number of rotatable bonds is 4. The molecular formula is C26H21Cl2F3N4O2. The second-order valence-electron chi connectivity index (χ2n) is 8.52. The molecule has 192 valence electrons. The van der Waals surface area contributed by atoms with E-state index in [4.69, 9.17) is 28.9 Å². The first kappa shape index (κ1) is 26.6. The van der Waals surface area contributed by atoms with Crippen molar-refractivity contribution < 1.29 is 22.8 Å². The quantitative estimate of drug-likeness (QED) is 0.434. The van der Waals surface area contributed by atoms with Crippen LogP contribution >= 0.6 is 23.2 Å². The summed E-state index contributed by atoms with van der Waals surface area (Å²) in [4.78, 5) is 34.4. The molecule has 0 fully saturated rings. The summed E-state index contributed by atoms with van der Waals surface area (Å²) in [6.45, 7) is 1.84. The van der Waals surface area contributed by atoms with E-state index in [9.17, 15) is 22.8 Å². The minimum Gasteiger partial charge on any atom is -0.400 e. The van der Waals surface area contributed by atoms with E-state index < -0.39 is 40.7 Å². The standard InChI is InChI=1S/C26H21Cl2F3N4O2/c1-12-23(32)18(24(33-2)13-5-15(29)8-16(30)6-13)3-4-35(12)26(37)20-10-17(31)9-19(22(20)28)14-7-21(27)25(36)34-11-14/h5-12,21H,3-4,32H2,1-2H3/t12-,21?/m1/s1. The van der Waals surface area contributed by atoms with Crippen LogP contribution in [0.4, 0.5) is 13.2 Å². The van der Waals surface area contributed by atoms with Crippen LogP contribution in [0.2, 0.25) is 5.02 Å². The molecule has 2 atom stereocenters. The molecule has 0 aliphatic carbocycles. The number of hydrogen-bond acceptors (Lipinski definition) is 4.